The Balaban J connectivity index is 1.69. The summed E-state index contributed by atoms with van der Waals surface area (Å²) in [7, 11) is 1.44. The van der Waals surface area contributed by atoms with E-state index in [1.807, 2.05) is 25.1 Å². The minimum absolute atomic E-state index is 0.146. The Morgan fingerprint density at radius 2 is 1.78 bits per heavy atom. The smallest absolute Gasteiger partial charge is 0.262 e. The number of nitrogens with one attached hydrogen (secondary N) is 1. The van der Waals surface area contributed by atoms with Gasteiger partial charge in [0.25, 0.3) is 17.7 Å². The average molecular weight is 366 g/mol. The highest BCUT2D eigenvalue weighted by atomic mass is 16.5. The number of amides is 3. The zero-order chi connectivity index (χ0) is 19.7. The van der Waals surface area contributed by atoms with Crippen LogP contribution in [-0.4, -0.2) is 36.3 Å². The van der Waals surface area contributed by atoms with E-state index in [0.29, 0.717) is 22.6 Å². The van der Waals surface area contributed by atoms with Gasteiger partial charge in [-0.2, -0.15) is 0 Å². The lowest BCUT2D eigenvalue weighted by molar-refractivity contribution is -0.118. The first-order valence-electron chi connectivity index (χ1n) is 8.77. The van der Waals surface area contributed by atoms with Crippen molar-refractivity contribution in [1.82, 2.24) is 4.90 Å². The van der Waals surface area contributed by atoms with Gasteiger partial charge in [0, 0.05) is 12.7 Å². The Labute approximate surface area is 158 Å². The number of carbonyl (C=O) groups is 3. The monoisotopic (exact) mass is 366 g/mol. The first kappa shape index (κ1) is 18.6. The molecule has 2 aromatic carbocycles. The third-order valence-corrected chi connectivity index (χ3v) is 4.52. The molecule has 2 aromatic rings. The lowest BCUT2D eigenvalue weighted by Crippen LogP contribution is -2.24. The van der Waals surface area contributed by atoms with Crippen molar-refractivity contribution in [2.75, 3.05) is 19.0 Å². The van der Waals surface area contributed by atoms with Gasteiger partial charge in [0.15, 0.2) is 6.61 Å². The molecule has 3 rings (SSSR count). The number of fused-ring (bicyclic) bond motifs is 1. The maximum Gasteiger partial charge on any atom is 0.262 e. The lowest BCUT2D eigenvalue weighted by Gasteiger charge is -2.15. The van der Waals surface area contributed by atoms with E-state index in [0.717, 1.165) is 16.0 Å². The molecule has 1 heterocycles. The Morgan fingerprint density at radius 1 is 1.07 bits per heavy atom. The Kier molecular flexibility index (Phi) is 4.99. The molecule has 0 saturated heterocycles. The summed E-state index contributed by atoms with van der Waals surface area (Å²) < 4.78 is 5.72. The minimum atomic E-state index is -0.372. The second-order valence-electron chi connectivity index (χ2n) is 6.96. The Morgan fingerprint density at radius 3 is 2.48 bits per heavy atom. The number of aryl methyl sites for hydroxylation is 1. The standard InChI is InChI=1S/C21H22N2O4/c1-12(2)15-7-5-13(3)9-18(15)27-11-19(24)22-14-6-8-16-17(10-14)21(26)23(4)20(16)25/h5-10,12H,11H2,1-4H3,(H,22,24). The number of nitrogens with zero attached hydrogens (tertiary/aromatic N) is 1. The molecular weight excluding hydrogens is 344 g/mol. The van der Waals surface area contributed by atoms with Crippen molar-refractivity contribution in [2.24, 2.45) is 0 Å². The van der Waals surface area contributed by atoms with Crippen molar-refractivity contribution in [3.05, 3.63) is 58.7 Å². The number of benzene rings is 2. The first-order valence-corrected chi connectivity index (χ1v) is 8.77. The molecular formula is C21H22N2O4. The second kappa shape index (κ2) is 7.23. The molecule has 0 bridgehead atoms. The van der Waals surface area contributed by atoms with Crippen molar-refractivity contribution < 1.29 is 19.1 Å². The molecule has 0 aromatic heterocycles. The summed E-state index contributed by atoms with van der Waals surface area (Å²) >= 11 is 0. The van der Waals surface area contributed by atoms with Gasteiger partial charge in [-0.3, -0.25) is 19.3 Å². The van der Waals surface area contributed by atoms with E-state index in [1.165, 1.54) is 13.1 Å². The summed E-state index contributed by atoms with van der Waals surface area (Å²) in [5, 5.41) is 2.71. The maximum absolute atomic E-state index is 12.3. The molecule has 140 valence electrons. The zero-order valence-electron chi connectivity index (χ0n) is 15.8. The van der Waals surface area contributed by atoms with Crippen LogP contribution in [0.15, 0.2) is 36.4 Å². The molecule has 0 spiro atoms. The van der Waals surface area contributed by atoms with Crippen molar-refractivity contribution in [2.45, 2.75) is 26.7 Å². The molecule has 6 heteroatoms. The topological polar surface area (TPSA) is 75.7 Å². The molecule has 0 radical (unpaired) electrons. The van der Waals surface area contributed by atoms with Crippen molar-refractivity contribution in [3.8, 4) is 5.75 Å². The van der Waals surface area contributed by atoms with Gasteiger partial charge in [0.1, 0.15) is 5.75 Å². The number of ether oxygens (including phenoxy) is 1. The van der Waals surface area contributed by atoms with E-state index < -0.39 is 0 Å². The van der Waals surface area contributed by atoms with E-state index >= 15 is 0 Å². The number of hydrogen-bond acceptors (Lipinski definition) is 4. The molecule has 0 atom stereocenters. The lowest BCUT2D eigenvalue weighted by atomic mass is 10.0. The molecule has 1 aliphatic heterocycles. The van der Waals surface area contributed by atoms with E-state index in [-0.39, 0.29) is 30.2 Å². The van der Waals surface area contributed by atoms with E-state index in [4.69, 9.17) is 4.74 Å². The Hall–Kier alpha value is -3.15. The molecule has 27 heavy (non-hydrogen) atoms. The van der Waals surface area contributed by atoms with Crippen molar-refractivity contribution in [1.29, 1.82) is 0 Å². The van der Waals surface area contributed by atoms with Crippen LogP contribution in [0.1, 0.15) is 51.6 Å². The van der Waals surface area contributed by atoms with Gasteiger partial charge in [-0.05, 0) is 48.2 Å². The van der Waals surface area contributed by atoms with Crippen LogP contribution in [0.4, 0.5) is 5.69 Å². The average Bonchev–Trinajstić information content (AvgIpc) is 2.84. The quantitative estimate of drug-likeness (QED) is 0.824. The van der Waals surface area contributed by atoms with Crippen LogP contribution in [-0.2, 0) is 4.79 Å². The number of imide groups is 1. The summed E-state index contributed by atoms with van der Waals surface area (Å²) in [6, 6.07) is 10.6. The normalized spacial score (nSPS) is 13.1. The highest BCUT2D eigenvalue weighted by Gasteiger charge is 2.32. The maximum atomic E-state index is 12.3. The fraction of sp³-hybridized carbons (Fsp3) is 0.286. The largest absolute Gasteiger partial charge is 0.483 e. The van der Waals surface area contributed by atoms with Gasteiger partial charge in [0.05, 0.1) is 11.1 Å². The van der Waals surface area contributed by atoms with Gasteiger partial charge in [-0.1, -0.05) is 26.0 Å². The van der Waals surface area contributed by atoms with Crippen LogP contribution in [0, 0.1) is 6.92 Å². The fourth-order valence-corrected chi connectivity index (χ4v) is 3.02. The highest BCUT2D eigenvalue weighted by Crippen LogP contribution is 2.28. The third kappa shape index (κ3) is 3.69. The number of carbonyl (C=O) groups excluding carboxylic acids is 3. The van der Waals surface area contributed by atoms with Gasteiger partial charge in [-0.25, -0.2) is 0 Å². The highest BCUT2D eigenvalue weighted by molar-refractivity contribution is 6.21. The van der Waals surface area contributed by atoms with Gasteiger partial charge in [0.2, 0.25) is 0 Å². The number of rotatable bonds is 5. The summed E-state index contributed by atoms with van der Waals surface area (Å²) in [5.74, 6) is -0.0748. The van der Waals surface area contributed by atoms with E-state index in [9.17, 15) is 14.4 Å². The second-order valence-corrected chi connectivity index (χ2v) is 6.96. The molecule has 3 amide bonds. The van der Waals surface area contributed by atoms with Crippen LogP contribution in [0.2, 0.25) is 0 Å². The van der Waals surface area contributed by atoms with Gasteiger partial charge >= 0.3 is 0 Å². The summed E-state index contributed by atoms with van der Waals surface area (Å²) in [5.41, 5.74) is 3.19. The predicted octanol–water partition coefficient (Wildman–Crippen LogP) is 3.36. The molecule has 0 unspecified atom stereocenters. The molecule has 0 aliphatic carbocycles. The van der Waals surface area contributed by atoms with Crippen LogP contribution < -0.4 is 10.1 Å². The van der Waals surface area contributed by atoms with Gasteiger partial charge in [-0.15, -0.1) is 0 Å². The van der Waals surface area contributed by atoms with E-state index in [2.05, 4.69) is 19.2 Å². The van der Waals surface area contributed by atoms with Crippen LogP contribution >= 0.6 is 0 Å². The fourth-order valence-electron chi connectivity index (χ4n) is 3.02. The van der Waals surface area contributed by atoms with Crippen molar-refractivity contribution >= 4 is 23.4 Å². The molecule has 1 aliphatic rings. The molecule has 0 fully saturated rings. The van der Waals surface area contributed by atoms with Crippen molar-refractivity contribution in [3.63, 3.8) is 0 Å². The van der Waals surface area contributed by atoms with Crippen LogP contribution in [0.25, 0.3) is 0 Å². The number of anilines is 1. The molecule has 1 N–H and O–H groups in total. The summed E-state index contributed by atoms with van der Waals surface area (Å²) in [6.45, 7) is 5.96. The third-order valence-electron chi connectivity index (χ3n) is 4.52. The Bertz CT molecular complexity index is 934. The predicted molar refractivity (Wildman–Crippen MR) is 102 cm³/mol. The SMILES string of the molecule is Cc1ccc(C(C)C)c(OCC(=O)Nc2ccc3c(c2)C(=O)N(C)C3=O)c1. The van der Waals surface area contributed by atoms with E-state index in [1.54, 1.807) is 12.1 Å². The van der Waals surface area contributed by atoms with Crippen LogP contribution in [0.3, 0.4) is 0 Å². The zero-order valence-corrected chi connectivity index (χ0v) is 15.8. The van der Waals surface area contributed by atoms with Gasteiger partial charge < -0.3 is 10.1 Å². The molecule has 0 saturated carbocycles. The molecule has 6 nitrogen and oxygen atoms in total. The number of hydrogen-bond donors (Lipinski definition) is 1. The first-order chi connectivity index (χ1) is 12.8. The minimum Gasteiger partial charge on any atom is -0.483 e. The summed E-state index contributed by atoms with van der Waals surface area (Å²) in [4.78, 5) is 37.3. The summed E-state index contributed by atoms with van der Waals surface area (Å²) in [6.07, 6.45) is 0. The van der Waals surface area contributed by atoms with Crippen LogP contribution in [0.5, 0.6) is 5.75 Å².